The summed E-state index contributed by atoms with van der Waals surface area (Å²) in [5.41, 5.74) is 2.46. The highest BCUT2D eigenvalue weighted by atomic mass is 16.3. The fourth-order valence-corrected chi connectivity index (χ4v) is 3.23. The molecule has 2 fully saturated rings. The Bertz CT molecular complexity index is 524. The molecule has 0 spiro atoms. The van der Waals surface area contributed by atoms with E-state index < -0.39 is 0 Å². The second kappa shape index (κ2) is 6.69. The predicted octanol–water partition coefficient (Wildman–Crippen LogP) is 2.91. The number of aliphatic hydroxyl groups is 1. The molecule has 1 aromatic rings. The molecule has 2 atom stereocenters. The predicted molar refractivity (Wildman–Crippen MR) is 86.5 cm³/mol. The minimum atomic E-state index is -0.0921. The monoisotopic (exact) mass is 302 g/mol. The van der Waals surface area contributed by atoms with E-state index in [1.807, 2.05) is 12.1 Å². The normalized spacial score (nSPS) is 20.3. The van der Waals surface area contributed by atoms with Crippen LogP contribution in [0.25, 0.3) is 0 Å². The summed E-state index contributed by atoms with van der Waals surface area (Å²) in [5.74, 6) is 1.11. The van der Waals surface area contributed by atoms with Gasteiger partial charge in [0.05, 0.1) is 6.04 Å². The summed E-state index contributed by atoms with van der Waals surface area (Å²) < 4.78 is 0. The Hall–Kier alpha value is -1.55. The van der Waals surface area contributed by atoms with Crippen molar-refractivity contribution in [2.24, 2.45) is 11.8 Å². The first-order valence-electron chi connectivity index (χ1n) is 8.42. The molecule has 2 aliphatic rings. The van der Waals surface area contributed by atoms with Crippen molar-refractivity contribution in [3.05, 3.63) is 35.4 Å². The number of hydrogen-bond acceptors (Lipinski definition) is 2. The van der Waals surface area contributed by atoms with Crippen LogP contribution in [0.4, 0.5) is 4.79 Å². The zero-order chi connectivity index (χ0) is 15.5. The lowest BCUT2D eigenvalue weighted by atomic mass is 9.98. The zero-order valence-corrected chi connectivity index (χ0v) is 13.2. The number of urea groups is 1. The number of aryl methyl sites for hydroxylation is 1. The molecule has 2 amide bonds. The van der Waals surface area contributed by atoms with Gasteiger partial charge in [-0.1, -0.05) is 24.3 Å². The van der Waals surface area contributed by atoms with Crippen molar-refractivity contribution in [2.75, 3.05) is 6.61 Å². The SMILES string of the molecule is Cc1ccccc1[C@H](NC(=O)N[C@@H](CCO)C1CC1)C1CC1. The average molecular weight is 302 g/mol. The molecule has 120 valence electrons. The van der Waals surface area contributed by atoms with Crippen LogP contribution in [0.5, 0.6) is 0 Å². The Morgan fingerprint density at radius 1 is 1.18 bits per heavy atom. The molecule has 4 heteroatoms. The maximum Gasteiger partial charge on any atom is 0.315 e. The largest absolute Gasteiger partial charge is 0.396 e. The Morgan fingerprint density at radius 2 is 1.86 bits per heavy atom. The van der Waals surface area contributed by atoms with Crippen LogP contribution in [0.2, 0.25) is 0 Å². The van der Waals surface area contributed by atoms with Crippen molar-refractivity contribution in [3.63, 3.8) is 0 Å². The summed E-state index contributed by atoms with van der Waals surface area (Å²) in [7, 11) is 0. The summed E-state index contributed by atoms with van der Waals surface area (Å²) in [6.07, 6.45) is 5.34. The number of amides is 2. The minimum absolute atomic E-state index is 0.0921. The van der Waals surface area contributed by atoms with Crippen molar-refractivity contribution in [3.8, 4) is 0 Å². The molecule has 0 heterocycles. The van der Waals surface area contributed by atoms with Crippen molar-refractivity contribution in [2.45, 2.75) is 51.1 Å². The Balaban J connectivity index is 1.63. The third-order valence-electron chi connectivity index (χ3n) is 4.85. The van der Waals surface area contributed by atoms with Crippen LogP contribution in [0.1, 0.15) is 49.3 Å². The molecule has 0 bridgehead atoms. The maximum absolute atomic E-state index is 12.4. The molecule has 0 aromatic heterocycles. The summed E-state index contributed by atoms with van der Waals surface area (Å²) in [6.45, 7) is 2.23. The van der Waals surface area contributed by atoms with Crippen LogP contribution in [0.15, 0.2) is 24.3 Å². The first kappa shape index (κ1) is 15.3. The number of aliphatic hydroxyl groups excluding tert-OH is 1. The maximum atomic E-state index is 12.4. The van der Waals surface area contributed by atoms with E-state index in [0.29, 0.717) is 18.3 Å². The van der Waals surface area contributed by atoms with Gasteiger partial charge in [-0.3, -0.25) is 0 Å². The molecule has 4 nitrogen and oxygen atoms in total. The number of hydrogen-bond donors (Lipinski definition) is 3. The number of carbonyl (C=O) groups is 1. The third-order valence-corrected chi connectivity index (χ3v) is 4.85. The van der Waals surface area contributed by atoms with E-state index in [-0.39, 0.29) is 24.7 Å². The zero-order valence-electron chi connectivity index (χ0n) is 13.2. The highest BCUT2D eigenvalue weighted by molar-refractivity contribution is 5.75. The molecule has 22 heavy (non-hydrogen) atoms. The van der Waals surface area contributed by atoms with Gasteiger partial charge in [0.1, 0.15) is 0 Å². The first-order chi connectivity index (χ1) is 10.7. The molecular weight excluding hydrogens is 276 g/mol. The van der Waals surface area contributed by atoms with Crippen molar-refractivity contribution >= 4 is 6.03 Å². The van der Waals surface area contributed by atoms with Gasteiger partial charge < -0.3 is 15.7 Å². The van der Waals surface area contributed by atoms with E-state index in [2.05, 4.69) is 29.7 Å². The summed E-state index contributed by atoms with van der Waals surface area (Å²) in [4.78, 5) is 12.4. The highest BCUT2D eigenvalue weighted by Gasteiger charge is 2.36. The van der Waals surface area contributed by atoms with Gasteiger partial charge in [-0.2, -0.15) is 0 Å². The van der Waals surface area contributed by atoms with Crippen LogP contribution < -0.4 is 10.6 Å². The fraction of sp³-hybridized carbons (Fsp3) is 0.611. The lowest BCUT2D eigenvalue weighted by Crippen LogP contribution is -2.45. The molecule has 0 aliphatic heterocycles. The van der Waals surface area contributed by atoms with Crippen LogP contribution in [0, 0.1) is 18.8 Å². The lowest BCUT2D eigenvalue weighted by molar-refractivity contribution is 0.220. The molecule has 0 unspecified atom stereocenters. The Kier molecular flexibility index (Phi) is 4.67. The van der Waals surface area contributed by atoms with Gasteiger partial charge >= 0.3 is 6.03 Å². The number of benzene rings is 1. The molecule has 1 aromatic carbocycles. The topological polar surface area (TPSA) is 61.4 Å². The molecule has 2 saturated carbocycles. The van der Waals surface area contributed by atoms with Crippen LogP contribution in [-0.2, 0) is 0 Å². The van der Waals surface area contributed by atoms with Crippen molar-refractivity contribution in [1.29, 1.82) is 0 Å². The van der Waals surface area contributed by atoms with Crippen LogP contribution in [-0.4, -0.2) is 23.8 Å². The van der Waals surface area contributed by atoms with Crippen molar-refractivity contribution < 1.29 is 9.90 Å². The molecule has 3 N–H and O–H groups in total. The fourth-order valence-electron chi connectivity index (χ4n) is 3.23. The minimum Gasteiger partial charge on any atom is -0.396 e. The highest BCUT2D eigenvalue weighted by Crippen LogP contribution is 2.42. The summed E-state index contributed by atoms with van der Waals surface area (Å²) in [6, 6.07) is 8.42. The molecular formula is C18H26N2O2. The van der Waals surface area contributed by atoms with E-state index in [1.165, 1.54) is 24.0 Å². The number of nitrogens with one attached hydrogen (secondary N) is 2. The quantitative estimate of drug-likeness (QED) is 0.725. The summed E-state index contributed by atoms with van der Waals surface area (Å²) in [5, 5.41) is 15.4. The Morgan fingerprint density at radius 3 is 2.45 bits per heavy atom. The summed E-state index contributed by atoms with van der Waals surface area (Å²) >= 11 is 0. The molecule has 0 radical (unpaired) electrons. The third kappa shape index (κ3) is 3.80. The van der Waals surface area contributed by atoms with E-state index in [0.717, 1.165) is 12.8 Å². The number of carbonyl (C=O) groups excluding carboxylic acids is 1. The lowest BCUT2D eigenvalue weighted by Gasteiger charge is -2.24. The van der Waals surface area contributed by atoms with E-state index >= 15 is 0 Å². The second-order valence-electron chi connectivity index (χ2n) is 6.75. The van der Waals surface area contributed by atoms with E-state index in [4.69, 9.17) is 5.11 Å². The Labute approximate surface area is 132 Å². The van der Waals surface area contributed by atoms with Gasteiger partial charge in [0.15, 0.2) is 0 Å². The van der Waals surface area contributed by atoms with Gasteiger partial charge in [-0.25, -0.2) is 4.79 Å². The van der Waals surface area contributed by atoms with Crippen LogP contribution >= 0.6 is 0 Å². The van der Waals surface area contributed by atoms with E-state index in [9.17, 15) is 4.79 Å². The van der Waals surface area contributed by atoms with Gasteiger partial charge in [-0.15, -0.1) is 0 Å². The van der Waals surface area contributed by atoms with Gasteiger partial charge in [0.2, 0.25) is 0 Å². The first-order valence-corrected chi connectivity index (χ1v) is 8.42. The second-order valence-corrected chi connectivity index (χ2v) is 6.75. The molecule has 0 saturated heterocycles. The smallest absolute Gasteiger partial charge is 0.315 e. The standard InChI is InChI=1S/C18H26N2O2/c1-12-4-2-3-5-15(12)17(14-8-9-14)20-18(22)19-16(10-11-21)13-6-7-13/h2-5,13-14,16-17,21H,6-11H2,1H3,(H2,19,20,22)/t16-,17+/m0/s1. The van der Waals surface area contributed by atoms with Crippen LogP contribution in [0.3, 0.4) is 0 Å². The van der Waals surface area contributed by atoms with Crippen molar-refractivity contribution in [1.82, 2.24) is 10.6 Å². The average Bonchev–Trinajstić information content (AvgIpc) is 3.39. The van der Waals surface area contributed by atoms with Gasteiger partial charge in [0.25, 0.3) is 0 Å². The van der Waals surface area contributed by atoms with E-state index in [1.54, 1.807) is 0 Å². The molecule has 3 rings (SSSR count). The van der Waals surface area contributed by atoms with Gasteiger partial charge in [-0.05, 0) is 62.0 Å². The number of rotatable bonds is 7. The molecule has 2 aliphatic carbocycles. The van der Waals surface area contributed by atoms with Gasteiger partial charge in [0, 0.05) is 12.6 Å².